The predicted octanol–water partition coefficient (Wildman–Crippen LogP) is 2.34. The molecule has 2 atom stereocenters. The van der Waals surface area contributed by atoms with Crippen molar-refractivity contribution in [3.8, 4) is 5.75 Å². The van der Waals surface area contributed by atoms with E-state index in [9.17, 15) is 4.79 Å². The SMILES string of the molecule is CCOCCCNC(=O)C1CC1c1ccc(OC)cc1. The summed E-state index contributed by atoms with van der Waals surface area (Å²) in [6.45, 7) is 4.12. The molecule has 0 aromatic heterocycles. The van der Waals surface area contributed by atoms with Crippen molar-refractivity contribution in [3.63, 3.8) is 0 Å². The number of hydrogen-bond acceptors (Lipinski definition) is 3. The molecule has 4 nitrogen and oxygen atoms in total. The average molecular weight is 277 g/mol. The normalized spacial score (nSPS) is 20.5. The van der Waals surface area contributed by atoms with Crippen LogP contribution in [0.4, 0.5) is 0 Å². The van der Waals surface area contributed by atoms with Gasteiger partial charge in [-0.2, -0.15) is 0 Å². The number of benzene rings is 1. The highest BCUT2D eigenvalue weighted by Crippen LogP contribution is 2.47. The Kier molecular flexibility index (Phi) is 5.41. The number of hydrogen-bond donors (Lipinski definition) is 1. The molecule has 1 fully saturated rings. The molecule has 2 unspecified atom stereocenters. The van der Waals surface area contributed by atoms with Crippen molar-refractivity contribution < 1.29 is 14.3 Å². The summed E-state index contributed by atoms with van der Waals surface area (Å²) < 4.78 is 10.4. The fourth-order valence-electron chi connectivity index (χ4n) is 2.37. The Hall–Kier alpha value is -1.55. The highest BCUT2D eigenvalue weighted by molar-refractivity contribution is 5.82. The van der Waals surface area contributed by atoms with Gasteiger partial charge in [0.1, 0.15) is 5.75 Å². The van der Waals surface area contributed by atoms with Gasteiger partial charge < -0.3 is 14.8 Å². The molecule has 2 rings (SSSR count). The molecule has 0 saturated heterocycles. The van der Waals surface area contributed by atoms with E-state index in [0.29, 0.717) is 19.1 Å². The Labute approximate surface area is 120 Å². The predicted molar refractivity (Wildman–Crippen MR) is 78.0 cm³/mol. The number of rotatable bonds is 8. The zero-order chi connectivity index (χ0) is 14.4. The Morgan fingerprint density at radius 2 is 2.10 bits per heavy atom. The van der Waals surface area contributed by atoms with Gasteiger partial charge in [-0.15, -0.1) is 0 Å². The summed E-state index contributed by atoms with van der Waals surface area (Å²) in [7, 11) is 1.66. The summed E-state index contributed by atoms with van der Waals surface area (Å²) >= 11 is 0. The van der Waals surface area contributed by atoms with Crippen LogP contribution in [0.3, 0.4) is 0 Å². The van der Waals surface area contributed by atoms with Gasteiger partial charge in [0.05, 0.1) is 7.11 Å². The number of amides is 1. The molecule has 1 N–H and O–H groups in total. The molecule has 4 heteroatoms. The highest BCUT2D eigenvalue weighted by atomic mass is 16.5. The third-order valence-corrected chi connectivity index (χ3v) is 3.64. The average Bonchev–Trinajstić information content (AvgIpc) is 3.27. The van der Waals surface area contributed by atoms with Crippen molar-refractivity contribution in [1.82, 2.24) is 5.32 Å². The van der Waals surface area contributed by atoms with Crippen molar-refractivity contribution in [2.45, 2.75) is 25.7 Å². The molecule has 1 aliphatic rings. The van der Waals surface area contributed by atoms with E-state index < -0.39 is 0 Å². The lowest BCUT2D eigenvalue weighted by Crippen LogP contribution is -2.27. The second kappa shape index (κ2) is 7.29. The van der Waals surface area contributed by atoms with Crippen LogP contribution < -0.4 is 10.1 Å². The van der Waals surface area contributed by atoms with E-state index in [2.05, 4.69) is 5.32 Å². The standard InChI is InChI=1S/C16H23NO3/c1-3-20-10-4-9-17-16(18)15-11-14(15)12-5-7-13(19-2)8-6-12/h5-8,14-15H,3-4,9-11H2,1-2H3,(H,17,18). The van der Waals surface area contributed by atoms with Gasteiger partial charge in [0.2, 0.25) is 5.91 Å². The van der Waals surface area contributed by atoms with Gasteiger partial charge >= 0.3 is 0 Å². The first-order valence-corrected chi connectivity index (χ1v) is 7.25. The van der Waals surface area contributed by atoms with E-state index in [-0.39, 0.29) is 11.8 Å². The first-order chi connectivity index (χ1) is 9.76. The number of ether oxygens (including phenoxy) is 2. The lowest BCUT2D eigenvalue weighted by atomic mass is 10.1. The number of methoxy groups -OCH3 is 1. The molecule has 1 saturated carbocycles. The Balaban J connectivity index is 1.71. The van der Waals surface area contributed by atoms with E-state index in [1.54, 1.807) is 7.11 Å². The largest absolute Gasteiger partial charge is 0.497 e. The summed E-state index contributed by atoms with van der Waals surface area (Å²) in [5.74, 6) is 1.52. The third kappa shape index (κ3) is 3.97. The minimum atomic E-state index is 0.135. The maximum Gasteiger partial charge on any atom is 0.223 e. The number of carbonyl (C=O) groups excluding carboxylic acids is 1. The van der Waals surface area contributed by atoms with E-state index in [4.69, 9.17) is 9.47 Å². The molecule has 0 radical (unpaired) electrons. The monoisotopic (exact) mass is 277 g/mol. The van der Waals surface area contributed by atoms with E-state index in [1.165, 1.54) is 5.56 Å². The van der Waals surface area contributed by atoms with Crippen LogP contribution in [0, 0.1) is 5.92 Å². The van der Waals surface area contributed by atoms with Gasteiger partial charge in [0.15, 0.2) is 0 Å². The summed E-state index contributed by atoms with van der Waals surface area (Å²) in [6.07, 6.45) is 1.82. The second-order valence-electron chi connectivity index (χ2n) is 5.06. The van der Waals surface area contributed by atoms with Gasteiger partial charge in [-0.1, -0.05) is 12.1 Å². The van der Waals surface area contributed by atoms with Crippen LogP contribution >= 0.6 is 0 Å². The van der Waals surface area contributed by atoms with Crippen molar-refractivity contribution >= 4 is 5.91 Å². The molecule has 0 bridgehead atoms. The van der Waals surface area contributed by atoms with Crippen molar-refractivity contribution in [3.05, 3.63) is 29.8 Å². The summed E-state index contributed by atoms with van der Waals surface area (Å²) in [6, 6.07) is 7.99. The summed E-state index contributed by atoms with van der Waals surface area (Å²) in [5, 5.41) is 2.98. The smallest absolute Gasteiger partial charge is 0.223 e. The second-order valence-corrected chi connectivity index (χ2v) is 5.06. The fraction of sp³-hybridized carbons (Fsp3) is 0.562. The van der Waals surface area contributed by atoms with Crippen LogP contribution in [-0.4, -0.2) is 32.8 Å². The molecule has 0 spiro atoms. The first-order valence-electron chi connectivity index (χ1n) is 7.25. The lowest BCUT2D eigenvalue weighted by Gasteiger charge is -2.06. The van der Waals surface area contributed by atoms with Gasteiger partial charge in [-0.05, 0) is 43.4 Å². The quantitative estimate of drug-likeness (QED) is 0.742. The maximum absolute atomic E-state index is 12.0. The Morgan fingerprint density at radius 3 is 2.75 bits per heavy atom. The fourth-order valence-corrected chi connectivity index (χ4v) is 2.37. The van der Waals surface area contributed by atoms with Gasteiger partial charge in [-0.3, -0.25) is 4.79 Å². The highest BCUT2D eigenvalue weighted by Gasteiger charge is 2.43. The van der Waals surface area contributed by atoms with Crippen LogP contribution in [0.1, 0.15) is 31.2 Å². The van der Waals surface area contributed by atoms with Crippen LogP contribution in [0.25, 0.3) is 0 Å². The van der Waals surface area contributed by atoms with Crippen molar-refractivity contribution in [2.24, 2.45) is 5.92 Å². The third-order valence-electron chi connectivity index (χ3n) is 3.64. The minimum absolute atomic E-state index is 0.135. The molecular weight excluding hydrogens is 254 g/mol. The zero-order valence-electron chi connectivity index (χ0n) is 12.2. The van der Waals surface area contributed by atoms with Crippen LogP contribution in [-0.2, 0) is 9.53 Å². The maximum atomic E-state index is 12.0. The molecule has 0 heterocycles. The van der Waals surface area contributed by atoms with Crippen LogP contribution in [0.5, 0.6) is 5.75 Å². The first kappa shape index (κ1) is 14.9. The molecular formula is C16H23NO3. The van der Waals surface area contributed by atoms with Crippen LogP contribution in [0.2, 0.25) is 0 Å². The summed E-state index contributed by atoms with van der Waals surface area (Å²) in [4.78, 5) is 12.0. The molecule has 20 heavy (non-hydrogen) atoms. The number of nitrogens with one attached hydrogen (secondary N) is 1. The van der Waals surface area contributed by atoms with E-state index in [1.807, 2.05) is 31.2 Å². The molecule has 1 aliphatic carbocycles. The van der Waals surface area contributed by atoms with Gasteiger partial charge in [-0.25, -0.2) is 0 Å². The molecule has 1 aromatic carbocycles. The molecule has 1 amide bonds. The molecule has 1 aromatic rings. The minimum Gasteiger partial charge on any atom is -0.497 e. The van der Waals surface area contributed by atoms with E-state index >= 15 is 0 Å². The van der Waals surface area contributed by atoms with Crippen LogP contribution in [0.15, 0.2) is 24.3 Å². The summed E-state index contributed by atoms with van der Waals surface area (Å²) in [5.41, 5.74) is 1.22. The van der Waals surface area contributed by atoms with E-state index in [0.717, 1.165) is 25.2 Å². The Bertz CT molecular complexity index is 430. The topological polar surface area (TPSA) is 47.6 Å². The van der Waals surface area contributed by atoms with Gasteiger partial charge in [0, 0.05) is 25.7 Å². The molecule has 0 aliphatic heterocycles. The van der Waals surface area contributed by atoms with Crippen molar-refractivity contribution in [2.75, 3.05) is 26.9 Å². The Morgan fingerprint density at radius 1 is 1.35 bits per heavy atom. The zero-order valence-corrected chi connectivity index (χ0v) is 12.2. The lowest BCUT2D eigenvalue weighted by molar-refractivity contribution is -0.122. The number of carbonyl (C=O) groups is 1. The van der Waals surface area contributed by atoms with Gasteiger partial charge in [0.25, 0.3) is 0 Å². The van der Waals surface area contributed by atoms with Crippen molar-refractivity contribution in [1.29, 1.82) is 0 Å². The molecule has 110 valence electrons.